The van der Waals surface area contributed by atoms with Gasteiger partial charge in [0.25, 0.3) is 11.5 Å². The monoisotopic (exact) mass is 434 g/mol. The number of amides is 1. The minimum atomic E-state index is -0.487. The van der Waals surface area contributed by atoms with E-state index in [4.69, 9.17) is 0 Å². The van der Waals surface area contributed by atoms with E-state index in [-0.39, 0.29) is 17.0 Å². The van der Waals surface area contributed by atoms with Crippen LogP contribution in [0.25, 0.3) is 10.8 Å². The molecule has 1 amide bonds. The van der Waals surface area contributed by atoms with Crippen LogP contribution in [0.4, 0.5) is 4.39 Å². The molecule has 5 rings (SSSR count). The largest absolute Gasteiger partial charge is 0.337 e. The van der Waals surface area contributed by atoms with E-state index < -0.39 is 5.82 Å². The van der Waals surface area contributed by atoms with Gasteiger partial charge < -0.3 is 9.80 Å². The number of carbonyl (C=O) groups is 1. The summed E-state index contributed by atoms with van der Waals surface area (Å²) in [5.74, 6) is -0.261. The van der Waals surface area contributed by atoms with Crippen LogP contribution in [0.2, 0.25) is 0 Å². The fourth-order valence-corrected chi connectivity index (χ4v) is 5.39. The first-order valence-electron chi connectivity index (χ1n) is 11.2. The zero-order chi connectivity index (χ0) is 22.4. The van der Waals surface area contributed by atoms with E-state index in [1.54, 1.807) is 19.1 Å². The predicted molar refractivity (Wildman–Crippen MR) is 121 cm³/mol. The van der Waals surface area contributed by atoms with Crippen LogP contribution in [-0.2, 0) is 6.42 Å². The third kappa shape index (κ3) is 3.50. The lowest BCUT2D eigenvalue weighted by Crippen LogP contribution is -2.42. The highest BCUT2D eigenvalue weighted by atomic mass is 19.1. The molecule has 2 fully saturated rings. The van der Waals surface area contributed by atoms with Gasteiger partial charge in [-0.15, -0.1) is 0 Å². The van der Waals surface area contributed by atoms with Crippen molar-refractivity contribution < 1.29 is 9.18 Å². The molecule has 3 aromatic rings. The van der Waals surface area contributed by atoms with E-state index in [0.29, 0.717) is 48.1 Å². The molecule has 6 nitrogen and oxygen atoms in total. The van der Waals surface area contributed by atoms with Crippen molar-refractivity contribution in [2.75, 3.05) is 26.7 Å². The number of piperidine rings is 1. The predicted octanol–water partition coefficient (Wildman–Crippen LogP) is 3.13. The van der Waals surface area contributed by atoms with E-state index in [1.165, 1.54) is 6.07 Å². The minimum absolute atomic E-state index is 0.150. The molecule has 2 aliphatic heterocycles. The van der Waals surface area contributed by atoms with Gasteiger partial charge in [-0.3, -0.25) is 9.59 Å². The lowest BCUT2D eigenvalue weighted by atomic mass is 9.93. The number of carbonyl (C=O) groups excluding carboxylic acids is 1. The lowest BCUT2D eigenvalue weighted by molar-refractivity contribution is 0.0775. The first-order valence-corrected chi connectivity index (χ1v) is 11.2. The minimum Gasteiger partial charge on any atom is -0.337 e. The summed E-state index contributed by atoms with van der Waals surface area (Å²) in [7, 11) is 2.11. The summed E-state index contributed by atoms with van der Waals surface area (Å²) in [6, 6.07) is 10.7. The highest BCUT2D eigenvalue weighted by Crippen LogP contribution is 2.32. The molecule has 0 aliphatic carbocycles. The van der Waals surface area contributed by atoms with Crippen LogP contribution in [0.5, 0.6) is 0 Å². The Balaban J connectivity index is 1.47. The van der Waals surface area contributed by atoms with Crippen LogP contribution in [0.3, 0.4) is 0 Å². The number of H-pyrrole nitrogens is 1. The van der Waals surface area contributed by atoms with Crippen LogP contribution >= 0.6 is 0 Å². The van der Waals surface area contributed by atoms with Crippen molar-refractivity contribution in [3.05, 3.63) is 75.0 Å². The molecule has 3 heterocycles. The van der Waals surface area contributed by atoms with E-state index in [9.17, 15) is 14.0 Å². The Morgan fingerprint density at radius 3 is 2.75 bits per heavy atom. The van der Waals surface area contributed by atoms with Gasteiger partial charge in [0, 0.05) is 30.9 Å². The van der Waals surface area contributed by atoms with Gasteiger partial charge in [0.2, 0.25) is 0 Å². The summed E-state index contributed by atoms with van der Waals surface area (Å²) < 4.78 is 14.9. The highest BCUT2D eigenvalue weighted by Gasteiger charge is 2.40. The molecular weight excluding hydrogens is 407 g/mol. The molecule has 0 radical (unpaired) electrons. The number of halogens is 1. The number of nitrogens with one attached hydrogen (secondary N) is 1. The zero-order valence-corrected chi connectivity index (χ0v) is 18.4. The Labute approximate surface area is 186 Å². The molecule has 0 bridgehead atoms. The number of benzene rings is 2. The summed E-state index contributed by atoms with van der Waals surface area (Å²) in [4.78, 5) is 29.6. The first-order chi connectivity index (χ1) is 15.4. The number of fused-ring (bicyclic) bond motifs is 2. The van der Waals surface area contributed by atoms with Gasteiger partial charge in [-0.1, -0.05) is 24.3 Å². The second kappa shape index (κ2) is 8.13. The maximum atomic E-state index is 14.9. The number of hydrogen-bond donors (Lipinski definition) is 1. The number of hydrogen-bond acceptors (Lipinski definition) is 4. The van der Waals surface area contributed by atoms with Crippen molar-refractivity contribution in [3.8, 4) is 0 Å². The quantitative estimate of drug-likeness (QED) is 0.688. The fourth-order valence-electron chi connectivity index (χ4n) is 5.39. The summed E-state index contributed by atoms with van der Waals surface area (Å²) >= 11 is 0. The number of aromatic nitrogens is 2. The summed E-state index contributed by atoms with van der Waals surface area (Å²) in [5.41, 5.74) is 2.07. The van der Waals surface area contributed by atoms with Crippen molar-refractivity contribution in [2.24, 2.45) is 5.92 Å². The van der Waals surface area contributed by atoms with Gasteiger partial charge >= 0.3 is 0 Å². The van der Waals surface area contributed by atoms with Crippen molar-refractivity contribution in [2.45, 2.75) is 32.2 Å². The van der Waals surface area contributed by atoms with Crippen LogP contribution in [0, 0.1) is 18.7 Å². The Morgan fingerprint density at radius 1 is 1.19 bits per heavy atom. The molecule has 0 saturated carbocycles. The molecule has 2 saturated heterocycles. The van der Waals surface area contributed by atoms with E-state index in [2.05, 4.69) is 22.1 Å². The van der Waals surface area contributed by atoms with Gasteiger partial charge in [-0.25, -0.2) is 9.49 Å². The first kappa shape index (κ1) is 20.8. The molecule has 0 spiro atoms. The molecule has 1 aromatic heterocycles. The van der Waals surface area contributed by atoms with Crippen LogP contribution in [0.15, 0.2) is 41.2 Å². The Morgan fingerprint density at radius 2 is 1.97 bits per heavy atom. The molecule has 2 unspecified atom stereocenters. The number of aromatic amines is 1. The van der Waals surface area contributed by atoms with E-state index >= 15 is 0 Å². The summed E-state index contributed by atoms with van der Waals surface area (Å²) in [6.07, 6.45) is 2.66. The smallest absolute Gasteiger partial charge is 0.272 e. The molecule has 7 heteroatoms. The van der Waals surface area contributed by atoms with Gasteiger partial charge in [0.05, 0.1) is 16.6 Å². The molecular formula is C25H27FN4O2. The van der Waals surface area contributed by atoms with Crippen LogP contribution in [0.1, 0.15) is 40.0 Å². The molecule has 166 valence electrons. The molecule has 2 aliphatic rings. The highest BCUT2D eigenvalue weighted by molar-refractivity contribution is 5.96. The Bertz CT molecular complexity index is 1250. The zero-order valence-electron chi connectivity index (χ0n) is 18.4. The topological polar surface area (TPSA) is 69.3 Å². The second-order valence-electron chi connectivity index (χ2n) is 9.09. The van der Waals surface area contributed by atoms with Gasteiger partial charge in [-0.05, 0) is 62.5 Å². The second-order valence-corrected chi connectivity index (χ2v) is 9.09. The van der Waals surface area contributed by atoms with Crippen molar-refractivity contribution in [3.63, 3.8) is 0 Å². The van der Waals surface area contributed by atoms with Crippen molar-refractivity contribution in [1.29, 1.82) is 0 Å². The van der Waals surface area contributed by atoms with E-state index in [0.717, 1.165) is 30.3 Å². The van der Waals surface area contributed by atoms with Gasteiger partial charge in [0.1, 0.15) is 5.82 Å². The normalized spacial score (nSPS) is 21.2. The van der Waals surface area contributed by atoms with E-state index in [1.807, 2.05) is 23.1 Å². The van der Waals surface area contributed by atoms with Crippen LogP contribution in [-0.4, -0.2) is 58.6 Å². The fraction of sp³-hybridized carbons (Fsp3) is 0.400. The number of rotatable bonds is 3. The molecule has 32 heavy (non-hydrogen) atoms. The van der Waals surface area contributed by atoms with Crippen molar-refractivity contribution in [1.82, 2.24) is 20.0 Å². The van der Waals surface area contributed by atoms with Crippen molar-refractivity contribution >= 4 is 16.7 Å². The number of likely N-dealkylation sites (tertiary alicyclic amines) is 2. The standard InChI is InChI=1S/C25H27FN4O2/c1-15-16(12-21-18-7-3-4-8-19(18)24(31)28-27-21)9-10-20(26)23(15)25(32)30-13-17-6-5-11-29(2)22(17)14-30/h3-4,7-10,17,22H,5-6,11-14H2,1-2H3,(H,28,31). The molecule has 2 atom stereocenters. The van der Waals surface area contributed by atoms with Gasteiger partial charge in [0.15, 0.2) is 0 Å². The third-order valence-electron chi connectivity index (χ3n) is 7.22. The Hall–Kier alpha value is -3.06. The SMILES string of the molecule is Cc1c(Cc2n[nH]c(=O)c3ccccc23)ccc(F)c1C(=O)N1CC2CCCN(C)C2C1. The maximum absolute atomic E-state index is 14.9. The number of nitrogens with zero attached hydrogens (tertiary/aromatic N) is 3. The maximum Gasteiger partial charge on any atom is 0.272 e. The van der Waals surface area contributed by atoms with Gasteiger partial charge in [-0.2, -0.15) is 5.10 Å². The average Bonchev–Trinajstić information content (AvgIpc) is 3.23. The summed E-state index contributed by atoms with van der Waals surface area (Å²) in [6.45, 7) is 4.18. The Kier molecular flexibility index (Phi) is 5.29. The number of likely N-dealkylation sites (N-methyl/N-ethyl adjacent to an activating group) is 1. The molecule has 2 aromatic carbocycles. The summed E-state index contributed by atoms with van der Waals surface area (Å²) in [5, 5.41) is 8.12. The third-order valence-corrected chi connectivity index (χ3v) is 7.22. The lowest BCUT2D eigenvalue weighted by Gasteiger charge is -2.33. The average molecular weight is 435 g/mol. The van der Waals surface area contributed by atoms with Crippen LogP contribution < -0.4 is 5.56 Å². The molecule has 1 N–H and O–H groups in total.